The van der Waals surface area contributed by atoms with E-state index in [4.69, 9.17) is 5.73 Å². The minimum atomic E-state index is -0.466. The van der Waals surface area contributed by atoms with E-state index in [1.165, 1.54) is 0 Å². The molecule has 1 rings (SSSR count). The van der Waals surface area contributed by atoms with E-state index in [9.17, 15) is 4.79 Å². The van der Waals surface area contributed by atoms with E-state index < -0.39 is 6.04 Å². The van der Waals surface area contributed by atoms with Crippen LogP contribution >= 0.6 is 12.4 Å². The van der Waals surface area contributed by atoms with Crippen molar-refractivity contribution in [1.29, 1.82) is 0 Å². The Balaban J connectivity index is 0.00000289. The largest absolute Gasteiger partial charge is 0.355 e. The third-order valence-electron chi connectivity index (χ3n) is 2.64. The third kappa shape index (κ3) is 5.51. The Morgan fingerprint density at radius 3 is 2.67 bits per heavy atom. The molecule has 104 valence electrons. The predicted molar refractivity (Wildman–Crippen MR) is 74.5 cm³/mol. The molecule has 3 N–H and O–H groups in total. The van der Waals surface area contributed by atoms with Crippen LogP contribution < -0.4 is 11.1 Å². The van der Waals surface area contributed by atoms with Crippen molar-refractivity contribution in [2.45, 2.75) is 39.8 Å². The number of halogens is 1. The SMILES string of the molecule is CC(C)(C)[C@H](N)C(=O)NCCCn1cccn1.Cl. The third-order valence-corrected chi connectivity index (χ3v) is 2.64. The molecule has 0 aliphatic carbocycles. The van der Waals surface area contributed by atoms with Crippen molar-refractivity contribution in [3.05, 3.63) is 18.5 Å². The molecule has 0 unspecified atom stereocenters. The van der Waals surface area contributed by atoms with Crippen LogP contribution in [0.2, 0.25) is 0 Å². The zero-order chi connectivity index (χ0) is 12.9. The van der Waals surface area contributed by atoms with E-state index in [1.54, 1.807) is 6.20 Å². The van der Waals surface area contributed by atoms with Crippen LogP contribution in [0.5, 0.6) is 0 Å². The molecule has 0 saturated carbocycles. The minimum absolute atomic E-state index is 0. The highest BCUT2D eigenvalue weighted by atomic mass is 35.5. The topological polar surface area (TPSA) is 72.9 Å². The van der Waals surface area contributed by atoms with E-state index in [2.05, 4.69) is 10.4 Å². The van der Waals surface area contributed by atoms with Crippen molar-refractivity contribution in [1.82, 2.24) is 15.1 Å². The standard InChI is InChI=1S/C12H22N4O.ClH/c1-12(2,3)10(13)11(17)14-6-4-8-16-9-5-7-15-16;/h5,7,9-10H,4,6,8,13H2,1-3H3,(H,14,17);1H/t10-;/m1./s1. The Labute approximate surface area is 115 Å². The zero-order valence-corrected chi connectivity index (χ0v) is 12.0. The van der Waals surface area contributed by atoms with Crippen molar-refractivity contribution < 1.29 is 4.79 Å². The monoisotopic (exact) mass is 274 g/mol. The van der Waals surface area contributed by atoms with E-state index in [0.717, 1.165) is 13.0 Å². The van der Waals surface area contributed by atoms with Gasteiger partial charge in [-0.1, -0.05) is 20.8 Å². The fourth-order valence-electron chi connectivity index (χ4n) is 1.39. The Morgan fingerprint density at radius 1 is 1.50 bits per heavy atom. The van der Waals surface area contributed by atoms with Crippen molar-refractivity contribution >= 4 is 18.3 Å². The maximum Gasteiger partial charge on any atom is 0.237 e. The number of amides is 1. The first-order valence-electron chi connectivity index (χ1n) is 5.92. The second kappa shape index (κ2) is 7.38. The molecule has 0 bridgehead atoms. The summed E-state index contributed by atoms with van der Waals surface area (Å²) in [6, 6.07) is 1.42. The second-order valence-corrected chi connectivity index (χ2v) is 5.26. The van der Waals surface area contributed by atoms with E-state index in [0.29, 0.717) is 6.54 Å². The molecule has 0 aromatic carbocycles. The van der Waals surface area contributed by atoms with E-state index >= 15 is 0 Å². The lowest BCUT2D eigenvalue weighted by Crippen LogP contribution is -2.48. The van der Waals surface area contributed by atoms with Crippen molar-refractivity contribution in [2.75, 3.05) is 6.54 Å². The number of nitrogens with zero attached hydrogens (tertiary/aromatic N) is 2. The summed E-state index contributed by atoms with van der Waals surface area (Å²) in [5.41, 5.74) is 5.64. The summed E-state index contributed by atoms with van der Waals surface area (Å²) in [4.78, 5) is 11.7. The van der Waals surface area contributed by atoms with Crippen LogP contribution in [-0.2, 0) is 11.3 Å². The van der Waals surface area contributed by atoms with Gasteiger partial charge in [0.05, 0.1) is 6.04 Å². The molecule has 0 saturated heterocycles. The smallest absolute Gasteiger partial charge is 0.237 e. The summed E-state index contributed by atoms with van der Waals surface area (Å²) in [5.74, 6) is -0.0852. The summed E-state index contributed by atoms with van der Waals surface area (Å²) < 4.78 is 1.84. The molecule has 1 aromatic rings. The Kier molecular flexibility index (Phi) is 6.94. The fraction of sp³-hybridized carbons (Fsp3) is 0.667. The molecule has 0 radical (unpaired) electrons. The average molecular weight is 275 g/mol. The second-order valence-electron chi connectivity index (χ2n) is 5.26. The number of hydrogen-bond donors (Lipinski definition) is 2. The van der Waals surface area contributed by atoms with Gasteiger partial charge in [-0.25, -0.2) is 0 Å². The van der Waals surface area contributed by atoms with Gasteiger partial charge in [-0.15, -0.1) is 12.4 Å². The van der Waals surface area contributed by atoms with Gasteiger partial charge in [0.25, 0.3) is 0 Å². The van der Waals surface area contributed by atoms with Crippen LogP contribution in [0.25, 0.3) is 0 Å². The van der Waals surface area contributed by atoms with Gasteiger partial charge in [0.15, 0.2) is 0 Å². The van der Waals surface area contributed by atoms with Gasteiger partial charge < -0.3 is 11.1 Å². The molecule has 0 aliphatic heterocycles. The molecule has 1 aromatic heterocycles. The molecule has 1 amide bonds. The molecule has 18 heavy (non-hydrogen) atoms. The summed E-state index contributed by atoms with van der Waals surface area (Å²) in [6.45, 7) is 7.31. The lowest BCUT2D eigenvalue weighted by molar-refractivity contribution is -0.124. The van der Waals surface area contributed by atoms with Gasteiger partial charge in [-0.3, -0.25) is 9.48 Å². The number of hydrogen-bond acceptors (Lipinski definition) is 3. The van der Waals surface area contributed by atoms with Gasteiger partial charge in [0.1, 0.15) is 0 Å². The predicted octanol–water partition coefficient (Wildman–Crippen LogP) is 1.18. The van der Waals surface area contributed by atoms with Gasteiger partial charge >= 0.3 is 0 Å². The number of aromatic nitrogens is 2. The Morgan fingerprint density at radius 2 is 2.17 bits per heavy atom. The summed E-state index contributed by atoms with van der Waals surface area (Å²) in [7, 11) is 0. The van der Waals surface area contributed by atoms with E-state index in [-0.39, 0.29) is 23.7 Å². The zero-order valence-electron chi connectivity index (χ0n) is 11.2. The van der Waals surface area contributed by atoms with Crippen LogP contribution in [0.1, 0.15) is 27.2 Å². The van der Waals surface area contributed by atoms with Gasteiger partial charge in [0, 0.05) is 25.5 Å². The molecular weight excluding hydrogens is 252 g/mol. The Bertz CT molecular complexity index is 345. The molecule has 0 fully saturated rings. The van der Waals surface area contributed by atoms with Crippen molar-refractivity contribution in [3.63, 3.8) is 0 Å². The van der Waals surface area contributed by atoms with Gasteiger partial charge in [-0.05, 0) is 17.9 Å². The van der Waals surface area contributed by atoms with E-state index in [1.807, 2.05) is 37.7 Å². The number of nitrogens with two attached hydrogens (primary N) is 1. The van der Waals surface area contributed by atoms with Crippen molar-refractivity contribution in [3.8, 4) is 0 Å². The maximum absolute atomic E-state index is 11.7. The number of nitrogens with one attached hydrogen (secondary N) is 1. The Hall–Kier alpha value is -1.07. The minimum Gasteiger partial charge on any atom is -0.355 e. The maximum atomic E-state index is 11.7. The number of carbonyl (C=O) groups is 1. The lowest BCUT2D eigenvalue weighted by atomic mass is 9.87. The normalized spacial score (nSPS) is 12.7. The van der Waals surface area contributed by atoms with Crippen molar-refractivity contribution in [2.24, 2.45) is 11.1 Å². The summed E-state index contributed by atoms with van der Waals surface area (Å²) in [5, 5.41) is 6.93. The summed E-state index contributed by atoms with van der Waals surface area (Å²) >= 11 is 0. The first-order valence-corrected chi connectivity index (χ1v) is 5.92. The summed E-state index contributed by atoms with van der Waals surface area (Å²) in [6.07, 6.45) is 4.50. The number of aryl methyl sites for hydroxylation is 1. The lowest BCUT2D eigenvalue weighted by Gasteiger charge is -2.25. The molecule has 1 heterocycles. The first-order chi connectivity index (χ1) is 7.91. The van der Waals surface area contributed by atoms with Gasteiger partial charge in [-0.2, -0.15) is 5.10 Å². The highest BCUT2D eigenvalue weighted by molar-refractivity contribution is 5.85. The molecule has 5 nitrogen and oxygen atoms in total. The number of carbonyl (C=O) groups excluding carboxylic acids is 1. The average Bonchev–Trinajstić information content (AvgIpc) is 2.74. The van der Waals surface area contributed by atoms with Crippen LogP contribution in [0.3, 0.4) is 0 Å². The number of rotatable bonds is 5. The molecular formula is C12H23ClN4O. The first kappa shape index (κ1) is 16.9. The van der Waals surface area contributed by atoms with Crippen LogP contribution in [0, 0.1) is 5.41 Å². The van der Waals surface area contributed by atoms with Gasteiger partial charge in [0.2, 0.25) is 5.91 Å². The molecule has 1 atom stereocenters. The molecule has 0 aliphatic rings. The fourth-order valence-corrected chi connectivity index (χ4v) is 1.39. The molecule has 6 heteroatoms. The van der Waals surface area contributed by atoms with Crippen LogP contribution in [0.15, 0.2) is 18.5 Å². The highest BCUT2D eigenvalue weighted by Crippen LogP contribution is 2.16. The highest BCUT2D eigenvalue weighted by Gasteiger charge is 2.26. The quantitative estimate of drug-likeness (QED) is 0.792. The van der Waals surface area contributed by atoms with Crippen LogP contribution in [-0.4, -0.2) is 28.3 Å². The molecule has 0 spiro atoms. The van der Waals surface area contributed by atoms with Crippen LogP contribution in [0.4, 0.5) is 0 Å².